The lowest BCUT2D eigenvalue weighted by Gasteiger charge is -2.30. The Morgan fingerprint density at radius 2 is 1.76 bits per heavy atom. The van der Waals surface area contributed by atoms with Gasteiger partial charge in [0.25, 0.3) is 0 Å². The number of nitrogens with zero attached hydrogens (tertiary/aromatic N) is 2. The van der Waals surface area contributed by atoms with Crippen LogP contribution in [0.5, 0.6) is 5.75 Å². The maximum absolute atomic E-state index is 13.2. The van der Waals surface area contributed by atoms with Gasteiger partial charge in [0.05, 0.1) is 20.3 Å². The SMILES string of the molecule is COc1ccc(CN(C(=O)CCc2ccccc2)[C@H](C)C(=O)NCCN2CCOCC2)cc1. The second-order valence-electron chi connectivity index (χ2n) is 8.28. The summed E-state index contributed by atoms with van der Waals surface area (Å²) in [6.07, 6.45) is 0.996. The van der Waals surface area contributed by atoms with Crippen molar-refractivity contribution in [1.82, 2.24) is 15.1 Å². The van der Waals surface area contributed by atoms with Gasteiger partial charge in [-0.05, 0) is 36.6 Å². The second-order valence-corrected chi connectivity index (χ2v) is 8.28. The number of aryl methyl sites for hydroxylation is 1. The number of amides is 2. The molecule has 1 atom stereocenters. The van der Waals surface area contributed by atoms with E-state index in [0.29, 0.717) is 25.9 Å². The number of nitrogens with one attached hydrogen (secondary N) is 1. The third-order valence-electron chi connectivity index (χ3n) is 5.98. The minimum absolute atomic E-state index is 0.0366. The molecular weight excluding hydrogens is 418 g/mol. The van der Waals surface area contributed by atoms with Gasteiger partial charge < -0.3 is 19.7 Å². The molecule has 0 saturated carbocycles. The van der Waals surface area contributed by atoms with Crippen LogP contribution in [0.25, 0.3) is 0 Å². The second kappa shape index (κ2) is 13.0. The first kappa shape index (κ1) is 24.7. The molecule has 0 unspecified atom stereocenters. The van der Waals surface area contributed by atoms with Gasteiger partial charge in [-0.15, -0.1) is 0 Å². The highest BCUT2D eigenvalue weighted by Gasteiger charge is 2.26. The Morgan fingerprint density at radius 3 is 2.42 bits per heavy atom. The number of morpholine rings is 1. The number of methoxy groups -OCH3 is 1. The maximum atomic E-state index is 13.2. The molecule has 1 heterocycles. The molecular formula is C26H35N3O4. The predicted octanol–water partition coefficient (Wildman–Crippen LogP) is 2.49. The Hall–Kier alpha value is -2.90. The first-order valence-electron chi connectivity index (χ1n) is 11.6. The first-order valence-corrected chi connectivity index (χ1v) is 11.6. The van der Waals surface area contributed by atoms with E-state index in [1.807, 2.05) is 54.6 Å². The molecule has 0 spiro atoms. The average molecular weight is 454 g/mol. The van der Waals surface area contributed by atoms with Crippen LogP contribution in [0.4, 0.5) is 0 Å². The molecule has 2 aromatic carbocycles. The smallest absolute Gasteiger partial charge is 0.242 e. The summed E-state index contributed by atoms with van der Waals surface area (Å²) in [6.45, 7) is 6.73. The lowest BCUT2D eigenvalue weighted by atomic mass is 10.1. The van der Waals surface area contributed by atoms with Crippen molar-refractivity contribution < 1.29 is 19.1 Å². The molecule has 7 nitrogen and oxygen atoms in total. The Balaban J connectivity index is 1.61. The normalized spacial score (nSPS) is 15.0. The molecule has 33 heavy (non-hydrogen) atoms. The van der Waals surface area contributed by atoms with Crippen molar-refractivity contribution in [3.05, 3.63) is 65.7 Å². The van der Waals surface area contributed by atoms with E-state index in [9.17, 15) is 9.59 Å². The van der Waals surface area contributed by atoms with E-state index in [-0.39, 0.29) is 11.8 Å². The van der Waals surface area contributed by atoms with Gasteiger partial charge in [-0.2, -0.15) is 0 Å². The Bertz CT molecular complexity index is 867. The first-order chi connectivity index (χ1) is 16.1. The summed E-state index contributed by atoms with van der Waals surface area (Å²) < 4.78 is 10.6. The van der Waals surface area contributed by atoms with E-state index >= 15 is 0 Å². The molecule has 2 aromatic rings. The van der Waals surface area contributed by atoms with E-state index in [1.54, 1.807) is 18.9 Å². The van der Waals surface area contributed by atoms with Gasteiger partial charge in [-0.1, -0.05) is 42.5 Å². The van der Waals surface area contributed by atoms with Gasteiger partial charge in [-0.3, -0.25) is 14.5 Å². The molecule has 1 aliphatic heterocycles. The predicted molar refractivity (Wildman–Crippen MR) is 128 cm³/mol. The van der Waals surface area contributed by atoms with Gasteiger partial charge >= 0.3 is 0 Å². The molecule has 178 valence electrons. The lowest BCUT2D eigenvalue weighted by molar-refractivity contribution is -0.140. The fourth-order valence-corrected chi connectivity index (χ4v) is 3.86. The van der Waals surface area contributed by atoms with Crippen LogP contribution in [0.1, 0.15) is 24.5 Å². The van der Waals surface area contributed by atoms with Crippen LogP contribution in [0.2, 0.25) is 0 Å². The average Bonchev–Trinajstić information content (AvgIpc) is 2.87. The summed E-state index contributed by atoms with van der Waals surface area (Å²) in [4.78, 5) is 30.1. The van der Waals surface area contributed by atoms with E-state index < -0.39 is 6.04 Å². The molecule has 3 rings (SSSR count). The standard InChI is InChI=1S/C26H35N3O4/c1-21(26(31)27-14-15-28-16-18-33-19-17-28)29(20-23-8-11-24(32-2)12-9-23)25(30)13-10-22-6-4-3-5-7-22/h3-9,11-12,21H,10,13-20H2,1-2H3,(H,27,31)/t21-/m1/s1. The molecule has 1 saturated heterocycles. The van der Waals surface area contributed by atoms with Crippen molar-refractivity contribution in [2.45, 2.75) is 32.4 Å². The lowest BCUT2D eigenvalue weighted by Crippen LogP contribution is -2.49. The van der Waals surface area contributed by atoms with Crippen molar-refractivity contribution >= 4 is 11.8 Å². The fourth-order valence-electron chi connectivity index (χ4n) is 3.86. The molecule has 7 heteroatoms. The van der Waals surface area contributed by atoms with E-state index in [1.165, 1.54) is 0 Å². The number of hydrogen-bond acceptors (Lipinski definition) is 5. The third kappa shape index (κ3) is 7.87. The highest BCUT2D eigenvalue weighted by atomic mass is 16.5. The monoisotopic (exact) mass is 453 g/mol. The number of hydrogen-bond donors (Lipinski definition) is 1. The van der Waals surface area contributed by atoms with Crippen molar-refractivity contribution in [1.29, 1.82) is 0 Å². The van der Waals surface area contributed by atoms with Crippen LogP contribution in [0, 0.1) is 0 Å². The summed E-state index contributed by atoms with van der Waals surface area (Å²) in [5, 5.41) is 3.01. The van der Waals surface area contributed by atoms with Gasteiger partial charge in [0, 0.05) is 39.1 Å². The van der Waals surface area contributed by atoms with Crippen LogP contribution in [-0.2, 0) is 27.3 Å². The van der Waals surface area contributed by atoms with Crippen LogP contribution in [0.3, 0.4) is 0 Å². The summed E-state index contributed by atoms with van der Waals surface area (Å²) >= 11 is 0. The topological polar surface area (TPSA) is 71.1 Å². The van der Waals surface area contributed by atoms with E-state index in [4.69, 9.17) is 9.47 Å². The molecule has 0 aliphatic carbocycles. The summed E-state index contributed by atoms with van der Waals surface area (Å²) in [7, 11) is 1.62. The molecule has 0 bridgehead atoms. The Labute approximate surface area is 196 Å². The van der Waals surface area contributed by atoms with Gasteiger partial charge in [0.15, 0.2) is 0 Å². The molecule has 0 radical (unpaired) electrons. The molecule has 1 N–H and O–H groups in total. The number of rotatable bonds is 11. The van der Waals surface area contributed by atoms with Gasteiger partial charge in [0.2, 0.25) is 11.8 Å². The van der Waals surface area contributed by atoms with Crippen LogP contribution < -0.4 is 10.1 Å². The molecule has 2 amide bonds. The van der Waals surface area contributed by atoms with Crippen LogP contribution in [-0.4, -0.2) is 74.2 Å². The fraction of sp³-hybridized carbons (Fsp3) is 0.462. The molecule has 0 aromatic heterocycles. The summed E-state index contributed by atoms with van der Waals surface area (Å²) in [5.74, 6) is 0.588. The van der Waals surface area contributed by atoms with Crippen LogP contribution >= 0.6 is 0 Å². The van der Waals surface area contributed by atoms with E-state index in [0.717, 1.165) is 49.7 Å². The zero-order valence-corrected chi connectivity index (χ0v) is 19.7. The highest BCUT2D eigenvalue weighted by molar-refractivity contribution is 5.87. The van der Waals surface area contributed by atoms with Crippen molar-refractivity contribution in [2.75, 3.05) is 46.5 Å². The van der Waals surface area contributed by atoms with Crippen molar-refractivity contribution in [2.24, 2.45) is 0 Å². The third-order valence-corrected chi connectivity index (χ3v) is 5.98. The van der Waals surface area contributed by atoms with Crippen LogP contribution in [0.15, 0.2) is 54.6 Å². The maximum Gasteiger partial charge on any atom is 0.242 e. The Morgan fingerprint density at radius 1 is 1.06 bits per heavy atom. The zero-order chi connectivity index (χ0) is 23.5. The van der Waals surface area contributed by atoms with Crippen molar-refractivity contribution in [3.8, 4) is 5.75 Å². The summed E-state index contributed by atoms with van der Waals surface area (Å²) in [6, 6.07) is 17.0. The van der Waals surface area contributed by atoms with Crippen molar-refractivity contribution in [3.63, 3.8) is 0 Å². The largest absolute Gasteiger partial charge is 0.497 e. The van der Waals surface area contributed by atoms with E-state index in [2.05, 4.69) is 10.2 Å². The number of benzene rings is 2. The molecule has 1 aliphatic rings. The summed E-state index contributed by atoms with van der Waals surface area (Å²) in [5.41, 5.74) is 2.06. The minimum atomic E-state index is -0.569. The Kier molecular flexibility index (Phi) is 9.72. The van der Waals surface area contributed by atoms with Gasteiger partial charge in [-0.25, -0.2) is 0 Å². The number of carbonyl (C=O) groups excluding carboxylic acids is 2. The highest BCUT2D eigenvalue weighted by Crippen LogP contribution is 2.16. The minimum Gasteiger partial charge on any atom is -0.497 e. The molecule has 1 fully saturated rings. The number of carbonyl (C=O) groups is 2. The van der Waals surface area contributed by atoms with Gasteiger partial charge in [0.1, 0.15) is 11.8 Å². The quantitative estimate of drug-likeness (QED) is 0.566. The zero-order valence-electron chi connectivity index (χ0n) is 19.7. The number of ether oxygens (including phenoxy) is 2.